The molecule has 1 fully saturated rings. The summed E-state index contributed by atoms with van der Waals surface area (Å²) >= 11 is 6.12. The Labute approximate surface area is 146 Å². The zero-order valence-electron chi connectivity index (χ0n) is 13.5. The summed E-state index contributed by atoms with van der Waals surface area (Å²) in [5, 5.41) is 6.81. The Morgan fingerprint density at radius 3 is 2.62 bits per heavy atom. The molecule has 126 valence electrons. The molecule has 2 N–H and O–H groups in total. The molecule has 2 heterocycles. The third-order valence-electron chi connectivity index (χ3n) is 4.07. The molecule has 1 saturated heterocycles. The first-order valence-electron chi connectivity index (χ1n) is 7.99. The summed E-state index contributed by atoms with van der Waals surface area (Å²) < 4.78 is 5.28. The minimum absolute atomic E-state index is 0.0197. The molecule has 0 radical (unpaired) electrons. The van der Waals surface area contributed by atoms with Gasteiger partial charge in [0.2, 0.25) is 5.91 Å². The molecule has 6 heteroatoms. The SMILES string of the molecule is Cc1ccc(Nc2ccc(NC(=O)C3CCOCC3)cn2)cc1Cl. The van der Waals surface area contributed by atoms with Crippen LogP contribution < -0.4 is 10.6 Å². The van der Waals surface area contributed by atoms with Crippen molar-refractivity contribution >= 4 is 34.7 Å². The summed E-state index contributed by atoms with van der Waals surface area (Å²) in [7, 11) is 0. The van der Waals surface area contributed by atoms with Gasteiger partial charge < -0.3 is 15.4 Å². The molecule has 1 aliphatic rings. The number of aromatic nitrogens is 1. The van der Waals surface area contributed by atoms with E-state index in [0.29, 0.717) is 29.7 Å². The normalized spacial score (nSPS) is 15.1. The summed E-state index contributed by atoms with van der Waals surface area (Å²) in [5.41, 5.74) is 2.59. The molecule has 5 nitrogen and oxygen atoms in total. The van der Waals surface area contributed by atoms with Crippen molar-refractivity contribution in [1.82, 2.24) is 4.98 Å². The topological polar surface area (TPSA) is 63.2 Å². The van der Waals surface area contributed by atoms with Crippen LogP contribution in [0.5, 0.6) is 0 Å². The highest BCUT2D eigenvalue weighted by Crippen LogP contribution is 2.23. The lowest BCUT2D eigenvalue weighted by Crippen LogP contribution is -2.28. The molecule has 0 spiro atoms. The van der Waals surface area contributed by atoms with Crippen LogP contribution in [0, 0.1) is 12.8 Å². The van der Waals surface area contributed by atoms with Crippen LogP contribution in [0.1, 0.15) is 18.4 Å². The highest BCUT2D eigenvalue weighted by molar-refractivity contribution is 6.31. The van der Waals surface area contributed by atoms with E-state index in [1.54, 1.807) is 6.20 Å². The molecule has 24 heavy (non-hydrogen) atoms. The van der Waals surface area contributed by atoms with Crippen LogP contribution in [0.3, 0.4) is 0 Å². The summed E-state index contributed by atoms with van der Waals surface area (Å²) in [6, 6.07) is 9.42. The summed E-state index contributed by atoms with van der Waals surface area (Å²) in [6.45, 7) is 3.26. The number of hydrogen-bond donors (Lipinski definition) is 2. The van der Waals surface area contributed by atoms with E-state index in [0.717, 1.165) is 24.1 Å². The van der Waals surface area contributed by atoms with Gasteiger partial charge in [-0.05, 0) is 49.6 Å². The largest absolute Gasteiger partial charge is 0.381 e. The zero-order chi connectivity index (χ0) is 16.9. The summed E-state index contributed by atoms with van der Waals surface area (Å²) in [6.07, 6.45) is 3.19. The van der Waals surface area contributed by atoms with Gasteiger partial charge in [0.1, 0.15) is 5.82 Å². The molecule has 1 aromatic heterocycles. The average Bonchev–Trinajstić information content (AvgIpc) is 2.61. The molecule has 0 unspecified atom stereocenters. The Bertz CT molecular complexity index is 713. The van der Waals surface area contributed by atoms with Gasteiger partial charge in [0, 0.05) is 29.8 Å². The maximum atomic E-state index is 12.2. The second-order valence-electron chi connectivity index (χ2n) is 5.90. The van der Waals surface area contributed by atoms with Crippen LogP contribution >= 0.6 is 11.6 Å². The number of carbonyl (C=O) groups is 1. The third kappa shape index (κ3) is 4.24. The van der Waals surface area contributed by atoms with Crippen molar-refractivity contribution in [2.45, 2.75) is 19.8 Å². The van der Waals surface area contributed by atoms with Gasteiger partial charge in [0.15, 0.2) is 0 Å². The number of nitrogens with one attached hydrogen (secondary N) is 2. The maximum Gasteiger partial charge on any atom is 0.227 e. The van der Waals surface area contributed by atoms with E-state index < -0.39 is 0 Å². The maximum absolute atomic E-state index is 12.2. The number of carbonyl (C=O) groups excluding carboxylic acids is 1. The van der Waals surface area contributed by atoms with E-state index >= 15 is 0 Å². The molecular weight excluding hydrogens is 326 g/mol. The number of anilines is 3. The van der Waals surface area contributed by atoms with Crippen LogP contribution in [0.15, 0.2) is 36.5 Å². The Balaban J connectivity index is 1.60. The van der Waals surface area contributed by atoms with Crippen LogP contribution in [0.25, 0.3) is 0 Å². The zero-order valence-corrected chi connectivity index (χ0v) is 14.3. The standard InChI is InChI=1S/C18H20ClN3O2/c1-12-2-3-14(10-16(12)19)21-17-5-4-15(11-20-17)22-18(23)13-6-8-24-9-7-13/h2-5,10-11,13H,6-9H2,1H3,(H,20,21)(H,22,23). The number of amides is 1. The first-order chi connectivity index (χ1) is 11.6. The van der Waals surface area contributed by atoms with Crippen molar-refractivity contribution in [3.8, 4) is 0 Å². The van der Waals surface area contributed by atoms with Gasteiger partial charge in [0.05, 0.1) is 11.9 Å². The van der Waals surface area contributed by atoms with Crippen LogP contribution in [-0.4, -0.2) is 24.1 Å². The van der Waals surface area contributed by atoms with Gasteiger partial charge in [-0.2, -0.15) is 0 Å². The Hall–Kier alpha value is -2.11. The summed E-state index contributed by atoms with van der Waals surface area (Å²) in [5.74, 6) is 0.747. The van der Waals surface area contributed by atoms with Crippen LogP contribution in [0.2, 0.25) is 5.02 Å². The lowest BCUT2D eigenvalue weighted by Gasteiger charge is -2.21. The fourth-order valence-corrected chi connectivity index (χ4v) is 2.74. The van der Waals surface area contributed by atoms with Crippen LogP contribution in [-0.2, 0) is 9.53 Å². The van der Waals surface area contributed by atoms with E-state index in [2.05, 4.69) is 15.6 Å². The van der Waals surface area contributed by atoms with Crippen molar-refractivity contribution in [3.63, 3.8) is 0 Å². The number of benzene rings is 1. The molecular formula is C18H20ClN3O2. The monoisotopic (exact) mass is 345 g/mol. The molecule has 0 aliphatic carbocycles. The van der Waals surface area contributed by atoms with Gasteiger partial charge in [-0.3, -0.25) is 4.79 Å². The highest BCUT2D eigenvalue weighted by Gasteiger charge is 2.21. The molecule has 1 aliphatic heterocycles. The second kappa shape index (κ2) is 7.64. The number of halogens is 1. The fraction of sp³-hybridized carbons (Fsp3) is 0.333. The number of rotatable bonds is 4. The van der Waals surface area contributed by atoms with Gasteiger partial charge in [-0.1, -0.05) is 17.7 Å². The predicted octanol–water partition coefficient (Wildman–Crippen LogP) is 4.15. The molecule has 0 atom stereocenters. The molecule has 0 saturated carbocycles. The van der Waals surface area contributed by atoms with E-state index in [4.69, 9.17) is 16.3 Å². The van der Waals surface area contributed by atoms with Crippen molar-refractivity contribution in [2.75, 3.05) is 23.8 Å². The first-order valence-corrected chi connectivity index (χ1v) is 8.37. The second-order valence-corrected chi connectivity index (χ2v) is 6.30. The van der Waals surface area contributed by atoms with Crippen molar-refractivity contribution in [1.29, 1.82) is 0 Å². The van der Waals surface area contributed by atoms with Crippen molar-refractivity contribution < 1.29 is 9.53 Å². The van der Waals surface area contributed by atoms with Gasteiger partial charge >= 0.3 is 0 Å². The summed E-state index contributed by atoms with van der Waals surface area (Å²) in [4.78, 5) is 16.5. The quantitative estimate of drug-likeness (QED) is 0.873. The number of nitrogens with zero attached hydrogens (tertiary/aromatic N) is 1. The minimum Gasteiger partial charge on any atom is -0.381 e. The van der Waals surface area contributed by atoms with Crippen molar-refractivity contribution in [3.05, 3.63) is 47.1 Å². The van der Waals surface area contributed by atoms with Gasteiger partial charge in [-0.25, -0.2) is 4.98 Å². The third-order valence-corrected chi connectivity index (χ3v) is 4.47. The lowest BCUT2D eigenvalue weighted by atomic mass is 9.99. The minimum atomic E-state index is 0.0197. The Kier molecular flexibility index (Phi) is 5.33. The molecule has 2 aromatic rings. The first kappa shape index (κ1) is 16.7. The molecule has 0 bridgehead atoms. The molecule has 1 amide bonds. The number of aryl methyl sites for hydroxylation is 1. The molecule has 1 aromatic carbocycles. The van der Waals surface area contributed by atoms with Crippen molar-refractivity contribution in [2.24, 2.45) is 5.92 Å². The van der Waals surface area contributed by atoms with E-state index in [1.807, 2.05) is 37.3 Å². The van der Waals surface area contributed by atoms with E-state index in [1.165, 1.54) is 0 Å². The Morgan fingerprint density at radius 1 is 1.21 bits per heavy atom. The Morgan fingerprint density at radius 2 is 1.96 bits per heavy atom. The highest BCUT2D eigenvalue weighted by atomic mass is 35.5. The molecule has 3 rings (SSSR count). The fourth-order valence-electron chi connectivity index (χ4n) is 2.56. The predicted molar refractivity (Wildman–Crippen MR) is 95.9 cm³/mol. The lowest BCUT2D eigenvalue weighted by molar-refractivity contribution is -0.122. The smallest absolute Gasteiger partial charge is 0.227 e. The number of pyridine rings is 1. The van der Waals surface area contributed by atoms with E-state index in [-0.39, 0.29) is 11.8 Å². The average molecular weight is 346 g/mol. The van der Waals surface area contributed by atoms with Gasteiger partial charge in [-0.15, -0.1) is 0 Å². The number of ether oxygens (including phenoxy) is 1. The van der Waals surface area contributed by atoms with Crippen LogP contribution in [0.4, 0.5) is 17.2 Å². The number of hydrogen-bond acceptors (Lipinski definition) is 4. The van der Waals surface area contributed by atoms with Gasteiger partial charge in [0.25, 0.3) is 0 Å². The van der Waals surface area contributed by atoms with E-state index in [9.17, 15) is 4.79 Å².